The van der Waals surface area contributed by atoms with Crippen LogP contribution in [-0.2, 0) is 33.3 Å². The van der Waals surface area contributed by atoms with E-state index in [2.05, 4.69) is 24.0 Å². The minimum atomic E-state index is -5.11. The summed E-state index contributed by atoms with van der Waals surface area (Å²) >= 11 is 0. The van der Waals surface area contributed by atoms with Gasteiger partial charge in [0.2, 0.25) is 0 Å². The number of phosphoric acid groups is 1. The van der Waals surface area contributed by atoms with Crippen LogP contribution < -0.4 is 5.73 Å². The Balaban J connectivity index is 1.67. The zero-order chi connectivity index (χ0) is 22.3. The zero-order valence-corrected chi connectivity index (χ0v) is 16.5. The van der Waals surface area contributed by atoms with Crippen molar-refractivity contribution in [3.05, 3.63) is 12.7 Å². The van der Waals surface area contributed by atoms with Crippen molar-refractivity contribution in [2.45, 2.75) is 24.5 Å². The molecule has 16 nitrogen and oxygen atoms in total. The summed E-state index contributed by atoms with van der Waals surface area (Å²) in [7, 11) is -9.90. The topological polar surface area (TPSA) is 247 Å². The number of imidazole rings is 1. The van der Waals surface area contributed by atoms with Crippen LogP contribution >= 0.6 is 7.82 Å². The Kier molecular flexibility index (Phi) is 6.08. The molecule has 3 heterocycles. The first-order valence-electron chi connectivity index (χ1n) is 7.97. The van der Waals surface area contributed by atoms with Crippen LogP contribution in [0.5, 0.6) is 0 Å². The highest BCUT2D eigenvalue weighted by atomic mass is 32.2. The fraction of sp³-hybridized carbons (Fsp3) is 0.500. The number of aliphatic hydroxyl groups is 2. The van der Waals surface area contributed by atoms with Gasteiger partial charge in [-0.1, -0.05) is 0 Å². The quantitative estimate of drug-likeness (QED) is 0.209. The van der Waals surface area contributed by atoms with Gasteiger partial charge in [-0.2, -0.15) is 8.42 Å². The predicted molar refractivity (Wildman–Crippen MR) is 93.9 cm³/mol. The maximum atomic E-state index is 11.7. The summed E-state index contributed by atoms with van der Waals surface area (Å²) in [6.07, 6.45) is -3.34. The van der Waals surface area contributed by atoms with Gasteiger partial charge < -0.3 is 25.2 Å². The van der Waals surface area contributed by atoms with Crippen LogP contribution in [0.15, 0.2) is 12.7 Å². The number of carbonyl (C=O) groups is 1. The molecular weight excluding hydrogens is 453 g/mol. The number of aliphatic hydroxyl groups excluding tert-OH is 2. The van der Waals surface area contributed by atoms with E-state index < -0.39 is 60.8 Å². The Bertz CT molecular complexity index is 1110. The Morgan fingerprint density at radius 2 is 2.00 bits per heavy atom. The maximum Gasteiger partial charge on any atom is 0.529 e. The van der Waals surface area contributed by atoms with E-state index in [0.29, 0.717) is 0 Å². The Labute approximate surface area is 167 Å². The number of nitrogens with zero attached hydrogens (tertiary/aromatic N) is 4. The molecule has 0 aromatic carbocycles. The van der Waals surface area contributed by atoms with Gasteiger partial charge in [-0.3, -0.25) is 23.3 Å². The average Bonchev–Trinajstić information content (AvgIpc) is 3.14. The zero-order valence-electron chi connectivity index (χ0n) is 14.7. The van der Waals surface area contributed by atoms with Crippen LogP contribution in [0.1, 0.15) is 6.23 Å². The van der Waals surface area contributed by atoms with Crippen molar-refractivity contribution < 1.29 is 51.2 Å². The number of rotatable bonds is 7. The number of ether oxygens (including phenoxy) is 1. The first kappa shape index (κ1) is 22.4. The second-order valence-electron chi connectivity index (χ2n) is 6.08. The molecule has 1 unspecified atom stereocenters. The first-order valence-corrected chi connectivity index (χ1v) is 11.1. The van der Waals surface area contributed by atoms with Gasteiger partial charge in [0, 0.05) is 0 Å². The summed E-state index contributed by atoms with van der Waals surface area (Å²) < 4.78 is 56.6. The van der Waals surface area contributed by atoms with E-state index in [0.717, 1.165) is 6.33 Å². The summed E-state index contributed by atoms with van der Waals surface area (Å²) in [6.45, 7) is -0.828. The highest BCUT2D eigenvalue weighted by Gasteiger charge is 2.45. The molecule has 2 aromatic heterocycles. The molecule has 6 N–H and O–H groups in total. The largest absolute Gasteiger partial charge is 0.529 e. The van der Waals surface area contributed by atoms with E-state index in [4.69, 9.17) is 15.0 Å². The molecular formula is C12H16N5O11PS. The molecule has 0 radical (unpaired) electrons. The fourth-order valence-electron chi connectivity index (χ4n) is 2.65. The van der Waals surface area contributed by atoms with E-state index >= 15 is 0 Å². The predicted octanol–water partition coefficient (Wildman–Crippen LogP) is -2.42. The summed E-state index contributed by atoms with van der Waals surface area (Å²) in [6, 6.07) is 0. The Hall–Kier alpha value is -2.24. The molecule has 0 aliphatic carbocycles. The lowest BCUT2D eigenvalue weighted by molar-refractivity contribution is -0.133. The Morgan fingerprint density at radius 1 is 1.30 bits per heavy atom. The third-order valence-electron chi connectivity index (χ3n) is 3.92. The van der Waals surface area contributed by atoms with Gasteiger partial charge in [0.1, 0.15) is 30.2 Å². The molecule has 0 spiro atoms. The number of nitrogens with two attached hydrogens (primary N) is 1. The number of aromatic nitrogens is 4. The van der Waals surface area contributed by atoms with Crippen LogP contribution in [0.25, 0.3) is 11.2 Å². The van der Waals surface area contributed by atoms with Gasteiger partial charge in [0.25, 0.3) is 10.1 Å². The molecule has 1 aliphatic heterocycles. The lowest BCUT2D eigenvalue weighted by Crippen LogP contribution is -2.33. The number of anilines is 1. The van der Waals surface area contributed by atoms with Gasteiger partial charge in [-0.25, -0.2) is 19.5 Å². The van der Waals surface area contributed by atoms with E-state index in [-0.39, 0.29) is 17.0 Å². The minimum Gasteiger partial charge on any atom is -0.387 e. The molecule has 18 heteroatoms. The average molecular weight is 469 g/mol. The highest BCUT2D eigenvalue weighted by molar-refractivity contribution is 7.86. The monoisotopic (exact) mass is 469 g/mol. The molecule has 1 fully saturated rings. The van der Waals surface area contributed by atoms with Crippen LogP contribution in [0.2, 0.25) is 0 Å². The molecule has 0 bridgehead atoms. The van der Waals surface area contributed by atoms with Crippen LogP contribution in [-0.4, -0.2) is 84.2 Å². The number of hydrogen-bond acceptors (Lipinski definition) is 13. The minimum absolute atomic E-state index is 0.0691. The smallest absolute Gasteiger partial charge is 0.387 e. The second-order valence-corrected chi connectivity index (χ2v) is 8.91. The van der Waals surface area contributed by atoms with Crippen molar-refractivity contribution in [1.82, 2.24) is 19.5 Å². The summed E-state index contributed by atoms with van der Waals surface area (Å²) in [4.78, 5) is 32.4. The normalized spacial score (nSPS) is 26.5. The lowest BCUT2D eigenvalue weighted by Gasteiger charge is -2.17. The van der Waals surface area contributed by atoms with Gasteiger partial charge in [-0.05, 0) is 0 Å². The van der Waals surface area contributed by atoms with E-state index in [1.54, 1.807) is 0 Å². The summed E-state index contributed by atoms with van der Waals surface area (Å²) in [5.41, 5.74) is 6.08. The number of hydrogen-bond donors (Lipinski definition) is 5. The molecule has 166 valence electrons. The Morgan fingerprint density at radius 3 is 2.67 bits per heavy atom. The third-order valence-corrected chi connectivity index (χ3v) is 5.43. The number of phosphoric ester groups is 1. The summed E-state index contributed by atoms with van der Waals surface area (Å²) in [5, 5.41) is 20.4. The molecule has 1 saturated heterocycles. The van der Waals surface area contributed by atoms with E-state index in [9.17, 15) is 32.9 Å². The van der Waals surface area contributed by atoms with E-state index in [1.807, 2.05) is 0 Å². The second kappa shape index (κ2) is 8.12. The highest BCUT2D eigenvalue weighted by Crippen LogP contribution is 2.44. The van der Waals surface area contributed by atoms with Gasteiger partial charge >= 0.3 is 13.8 Å². The van der Waals surface area contributed by atoms with Crippen molar-refractivity contribution in [3.8, 4) is 0 Å². The fourth-order valence-corrected chi connectivity index (χ4v) is 3.80. The van der Waals surface area contributed by atoms with Gasteiger partial charge in [-0.15, -0.1) is 0 Å². The van der Waals surface area contributed by atoms with Gasteiger partial charge in [0.15, 0.2) is 23.4 Å². The number of nitrogen functional groups attached to an aromatic ring is 1. The molecule has 2 aromatic rings. The maximum absolute atomic E-state index is 11.7. The van der Waals surface area contributed by atoms with Crippen molar-refractivity contribution in [3.63, 3.8) is 0 Å². The van der Waals surface area contributed by atoms with Crippen molar-refractivity contribution in [2.24, 2.45) is 0 Å². The molecule has 0 saturated carbocycles. The first-order chi connectivity index (χ1) is 13.9. The third kappa shape index (κ3) is 4.90. The van der Waals surface area contributed by atoms with Crippen molar-refractivity contribution in [1.29, 1.82) is 0 Å². The molecule has 30 heavy (non-hydrogen) atoms. The van der Waals surface area contributed by atoms with Crippen LogP contribution in [0.4, 0.5) is 5.82 Å². The molecule has 3 rings (SSSR count). The SMILES string of the molecule is Nc1ncnc2c1ncn2[C@@H]1O[C@H](COP(=O)(O)OC(=O)CS(=O)(=O)O)[C@@H](O)[C@H]1O. The molecule has 5 atom stereocenters. The van der Waals surface area contributed by atoms with Crippen molar-refractivity contribution >= 4 is 40.9 Å². The van der Waals surface area contributed by atoms with E-state index in [1.165, 1.54) is 10.9 Å². The lowest BCUT2D eigenvalue weighted by atomic mass is 10.1. The van der Waals surface area contributed by atoms with Crippen LogP contribution in [0.3, 0.4) is 0 Å². The number of carbonyl (C=O) groups excluding carboxylic acids is 1. The van der Waals surface area contributed by atoms with Crippen molar-refractivity contribution in [2.75, 3.05) is 18.1 Å². The standard InChI is InChI=1S/C12H16N5O11PS/c13-10-7-11(15-3-14-10)17(4-16-7)12-9(20)8(19)5(27-12)1-26-29(21,22)28-6(18)2-30(23,24)25/h3-5,8-9,12,19-20H,1-2H2,(H,21,22)(H2,13,14,15)(H,23,24,25)/t5-,8-,9-,12-/m1/s1. The molecule has 0 amide bonds. The summed E-state index contributed by atoms with van der Waals surface area (Å²) in [5.74, 6) is -3.24. The van der Waals surface area contributed by atoms with Gasteiger partial charge in [0.05, 0.1) is 12.9 Å². The molecule has 1 aliphatic rings. The number of fused-ring (bicyclic) bond motifs is 1. The van der Waals surface area contributed by atoms with Crippen LogP contribution in [0, 0.1) is 0 Å².